The summed E-state index contributed by atoms with van der Waals surface area (Å²) < 4.78 is 80.7. The first-order valence-electron chi connectivity index (χ1n) is 11.5. The zero-order valence-electron chi connectivity index (χ0n) is 19.2. The third kappa shape index (κ3) is 5.39. The lowest BCUT2D eigenvalue weighted by atomic mass is 9.82. The molecule has 0 amide bonds. The molecule has 2 aliphatic heterocycles. The van der Waals surface area contributed by atoms with Gasteiger partial charge in [-0.25, -0.2) is 26.0 Å². The molecule has 2 saturated heterocycles. The van der Waals surface area contributed by atoms with Crippen LogP contribution in [0.4, 0.5) is 17.6 Å². The summed E-state index contributed by atoms with van der Waals surface area (Å²) >= 11 is 0. The molecule has 2 fully saturated rings. The second kappa shape index (κ2) is 10.1. The number of aliphatic hydroxyl groups excluding tert-OH is 1. The first-order valence-corrected chi connectivity index (χ1v) is 13.0. The Hall–Kier alpha value is -2.05. The summed E-state index contributed by atoms with van der Waals surface area (Å²) in [4.78, 5) is 1.85. The van der Waals surface area contributed by atoms with Gasteiger partial charge in [0.1, 0.15) is 17.9 Å². The monoisotopic (exact) mass is 515 g/mol. The van der Waals surface area contributed by atoms with Crippen LogP contribution in [0.2, 0.25) is 0 Å². The van der Waals surface area contributed by atoms with Gasteiger partial charge in [0.25, 0.3) is 0 Å². The topological polar surface area (TPSA) is 86.9 Å². The molecule has 0 spiro atoms. The van der Waals surface area contributed by atoms with E-state index in [4.69, 9.17) is 5.73 Å². The molecule has 2 bridgehead atoms. The van der Waals surface area contributed by atoms with Crippen LogP contribution in [-0.4, -0.2) is 60.7 Å². The second-order valence-electron chi connectivity index (χ2n) is 9.51. The molecule has 0 saturated carbocycles. The lowest BCUT2D eigenvalue weighted by Crippen LogP contribution is -2.55. The van der Waals surface area contributed by atoms with Crippen LogP contribution in [0.5, 0.6) is 0 Å². The summed E-state index contributed by atoms with van der Waals surface area (Å²) in [6.45, 7) is -0.163. The van der Waals surface area contributed by atoms with E-state index in [1.54, 1.807) is 0 Å². The first kappa shape index (κ1) is 26.0. The summed E-state index contributed by atoms with van der Waals surface area (Å²) in [5, 5.41) is 10.9. The molecule has 6 nitrogen and oxygen atoms in total. The number of halogens is 4. The van der Waals surface area contributed by atoms with Gasteiger partial charge in [-0.05, 0) is 73.9 Å². The largest absolute Gasteiger partial charge is 0.377 e. The molecule has 0 radical (unpaired) electrons. The van der Waals surface area contributed by atoms with E-state index in [1.807, 2.05) is 4.90 Å². The smallest absolute Gasteiger partial charge is 0.242 e. The van der Waals surface area contributed by atoms with Crippen LogP contribution in [0.15, 0.2) is 41.3 Å². The van der Waals surface area contributed by atoms with Gasteiger partial charge in [-0.3, -0.25) is 4.90 Å². The lowest BCUT2D eigenvalue weighted by molar-refractivity contribution is -0.0643. The molecule has 192 valence electrons. The van der Waals surface area contributed by atoms with Crippen molar-refractivity contribution in [3.05, 3.63) is 65.2 Å². The number of nitrogens with two attached hydrogens (primary N) is 1. The van der Waals surface area contributed by atoms with Crippen LogP contribution in [0.3, 0.4) is 0 Å². The number of aliphatic hydroxyl groups is 1. The molecular weight excluding hydrogens is 486 g/mol. The summed E-state index contributed by atoms with van der Waals surface area (Å²) in [6, 6.07) is 5.33. The molecule has 2 aromatic carbocycles. The number of fused-ring (bicyclic) bond motifs is 2. The average molecular weight is 516 g/mol. The average Bonchev–Trinajstić information content (AvgIpc) is 3.07. The minimum Gasteiger partial charge on any atom is -0.377 e. The van der Waals surface area contributed by atoms with Crippen LogP contribution in [0.1, 0.15) is 31.2 Å². The van der Waals surface area contributed by atoms with Crippen molar-refractivity contribution in [2.75, 3.05) is 13.6 Å². The normalized spacial score (nSPS) is 24.6. The number of hydrogen-bond acceptors (Lipinski definition) is 5. The zero-order chi connectivity index (χ0) is 25.5. The van der Waals surface area contributed by atoms with Crippen molar-refractivity contribution in [3.8, 4) is 0 Å². The lowest BCUT2D eigenvalue weighted by Gasteiger charge is -2.43. The fourth-order valence-corrected chi connectivity index (χ4v) is 6.61. The maximum atomic E-state index is 14.1. The van der Waals surface area contributed by atoms with Crippen molar-refractivity contribution in [1.82, 2.24) is 9.21 Å². The van der Waals surface area contributed by atoms with Gasteiger partial charge in [0, 0.05) is 31.2 Å². The highest BCUT2D eigenvalue weighted by Gasteiger charge is 2.45. The third-order valence-electron chi connectivity index (χ3n) is 7.26. The van der Waals surface area contributed by atoms with Crippen molar-refractivity contribution >= 4 is 10.0 Å². The van der Waals surface area contributed by atoms with Gasteiger partial charge in [0.05, 0.1) is 11.4 Å². The van der Waals surface area contributed by atoms with Gasteiger partial charge in [-0.1, -0.05) is 0 Å². The van der Waals surface area contributed by atoms with Crippen LogP contribution >= 0.6 is 0 Å². The summed E-state index contributed by atoms with van der Waals surface area (Å²) in [5.74, 6) is -3.75. The number of piperidine rings is 1. The van der Waals surface area contributed by atoms with E-state index < -0.39 is 45.6 Å². The van der Waals surface area contributed by atoms with Crippen LogP contribution in [0.25, 0.3) is 0 Å². The number of likely N-dealkylation sites (N-methyl/N-ethyl adjacent to an activating group) is 1. The number of hydrogen-bond donors (Lipinski definition) is 2. The van der Waals surface area contributed by atoms with E-state index in [2.05, 4.69) is 0 Å². The Morgan fingerprint density at radius 3 is 2.20 bits per heavy atom. The highest BCUT2D eigenvalue weighted by atomic mass is 32.2. The van der Waals surface area contributed by atoms with E-state index in [0.717, 1.165) is 35.3 Å². The number of nitrogens with zero attached hydrogens (tertiary/aromatic N) is 2. The highest BCUT2D eigenvalue weighted by Crippen LogP contribution is 2.41. The van der Waals surface area contributed by atoms with E-state index in [9.17, 15) is 31.1 Å². The van der Waals surface area contributed by atoms with Crippen molar-refractivity contribution in [1.29, 1.82) is 0 Å². The Kier molecular flexibility index (Phi) is 7.54. The van der Waals surface area contributed by atoms with Crippen molar-refractivity contribution in [2.24, 2.45) is 11.7 Å². The highest BCUT2D eigenvalue weighted by molar-refractivity contribution is 7.89. The molecule has 11 heteroatoms. The number of benzene rings is 2. The standard InChI is InChI=1S/C24H29F4N3O3S/c1-30(35(33,34)19-6-2-16(25)3-7-19)13-24(32)31-17-4-5-18(31)9-15(8-17)23(29)11-14-10-21(27)22(28)12-20(14)26/h2-3,6-7,10,12,15,17-18,23-24,32H,4-5,8-9,11,13,29H2,1H3/t15?,17-,18+,23-,24?/m1/s1. The zero-order valence-corrected chi connectivity index (χ0v) is 20.1. The van der Waals surface area contributed by atoms with Gasteiger partial charge < -0.3 is 10.8 Å². The van der Waals surface area contributed by atoms with E-state index >= 15 is 0 Å². The number of sulfonamides is 1. The fourth-order valence-electron chi connectivity index (χ4n) is 5.44. The van der Waals surface area contributed by atoms with Crippen molar-refractivity contribution in [3.63, 3.8) is 0 Å². The molecule has 0 aromatic heterocycles. The third-order valence-corrected chi connectivity index (χ3v) is 9.10. The van der Waals surface area contributed by atoms with Gasteiger partial charge >= 0.3 is 0 Å². The Morgan fingerprint density at radius 1 is 1.03 bits per heavy atom. The van der Waals surface area contributed by atoms with E-state index in [0.29, 0.717) is 18.9 Å². The maximum absolute atomic E-state index is 14.1. The van der Waals surface area contributed by atoms with Gasteiger partial charge in [0.15, 0.2) is 11.6 Å². The summed E-state index contributed by atoms with van der Waals surface area (Å²) in [6.07, 6.45) is 1.86. The van der Waals surface area contributed by atoms with Gasteiger partial charge in [0.2, 0.25) is 10.0 Å². The minimum atomic E-state index is -3.91. The predicted octanol–water partition coefficient (Wildman–Crippen LogP) is 2.99. The molecule has 0 aliphatic carbocycles. The first-order chi connectivity index (χ1) is 16.5. The summed E-state index contributed by atoms with van der Waals surface area (Å²) in [5.41, 5.74) is 6.37. The Morgan fingerprint density at radius 2 is 1.60 bits per heavy atom. The Balaban J connectivity index is 1.39. The number of rotatable bonds is 8. The fraction of sp³-hybridized carbons (Fsp3) is 0.500. The van der Waals surface area contributed by atoms with Gasteiger partial charge in [-0.2, -0.15) is 4.31 Å². The molecule has 2 heterocycles. The molecule has 3 N–H and O–H groups in total. The summed E-state index contributed by atoms with van der Waals surface area (Å²) in [7, 11) is -2.54. The quantitative estimate of drug-likeness (QED) is 0.417. The van der Waals surface area contributed by atoms with Crippen LogP contribution in [0, 0.1) is 29.2 Å². The SMILES string of the molecule is CN(CC(O)N1[C@@H]2CC[C@H]1CC([C@H](N)Cc1cc(F)c(F)cc1F)C2)S(=O)(=O)c1ccc(F)cc1. The predicted molar refractivity (Wildman–Crippen MR) is 122 cm³/mol. The van der Waals surface area contributed by atoms with Crippen LogP contribution in [-0.2, 0) is 16.4 Å². The molecule has 2 aliphatic rings. The van der Waals surface area contributed by atoms with Gasteiger partial charge in [-0.15, -0.1) is 0 Å². The Bertz CT molecular complexity index is 1150. The maximum Gasteiger partial charge on any atom is 0.242 e. The molecular formula is C24H29F4N3O3S. The molecule has 5 atom stereocenters. The molecule has 2 aromatic rings. The molecule has 35 heavy (non-hydrogen) atoms. The van der Waals surface area contributed by atoms with Crippen LogP contribution < -0.4 is 5.73 Å². The minimum absolute atomic E-state index is 0.0101. The Labute approximate surface area is 202 Å². The molecule has 4 rings (SSSR count). The molecule has 2 unspecified atom stereocenters. The second-order valence-corrected chi connectivity index (χ2v) is 11.6. The van der Waals surface area contributed by atoms with Crippen molar-refractivity contribution in [2.45, 2.75) is 61.4 Å². The van der Waals surface area contributed by atoms with E-state index in [-0.39, 0.29) is 41.4 Å². The van der Waals surface area contributed by atoms with Crippen molar-refractivity contribution < 1.29 is 31.1 Å². The van der Waals surface area contributed by atoms with E-state index in [1.165, 1.54) is 19.2 Å².